The molecule has 1 aromatic carbocycles. The van der Waals surface area contributed by atoms with Crippen LogP contribution in [0.1, 0.15) is 94.6 Å². The summed E-state index contributed by atoms with van der Waals surface area (Å²) in [6, 6.07) is 4.27. The molecule has 1 aromatic heterocycles. The second-order valence-electron chi connectivity index (χ2n) is 10.1. The van der Waals surface area contributed by atoms with E-state index in [2.05, 4.69) is 38.8 Å². The van der Waals surface area contributed by atoms with E-state index in [-0.39, 0.29) is 30.1 Å². The first kappa shape index (κ1) is 34.0. The lowest BCUT2D eigenvalue weighted by Gasteiger charge is -2.23. The zero-order valence-electron chi connectivity index (χ0n) is 24.6. The van der Waals surface area contributed by atoms with E-state index in [0.717, 1.165) is 37.7 Å². The maximum absolute atomic E-state index is 13.5. The predicted molar refractivity (Wildman–Crippen MR) is 151 cm³/mol. The second-order valence-corrected chi connectivity index (χ2v) is 10.1. The third-order valence-corrected chi connectivity index (χ3v) is 6.61. The Labute approximate surface area is 240 Å². The van der Waals surface area contributed by atoms with Crippen LogP contribution in [0.25, 0.3) is 11.3 Å². The first-order valence-electron chi connectivity index (χ1n) is 14.3. The number of hydrogen-bond acceptors (Lipinski definition) is 8. The Morgan fingerprint density at radius 2 is 1.93 bits per heavy atom. The Bertz CT molecular complexity index is 1130. The summed E-state index contributed by atoms with van der Waals surface area (Å²) in [5.74, 6) is -0.140. The zero-order valence-corrected chi connectivity index (χ0v) is 24.6. The fourth-order valence-corrected chi connectivity index (χ4v) is 4.52. The molecule has 1 unspecified atom stereocenters. The Kier molecular flexibility index (Phi) is 14.0. The Balaban J connectivity index is 0.00000108. The van der Waals surface area contributed by atoms with Gasteiger partial charge in [-0.2, -0.15) is 0 Å². The van der Waals surface area contributed by atoms with Gasteiger partial charge in [-0.25, -0.2) is 0 Å². The van der Waals surface area contributed by atoms with Crippen LogP contribution in [0.5, 0.6) is 5.75 Å². The van der Waals surface area contributed by atoms with Crippen LogP contribution < -0.4 is 10.1 Å². The average Bonchev–Trinajstić information content (AvgIpc) is 3.00. The van der Waals surface area contributed by atoms with Gasteiger partial charge in [-0.1, -0.05) is 47.0 Å². The Morgan fingerprint density at radius 1 is 1.17 bits per heavy atom. The molecule has 0 saturated heterocycles. The number of carbonyl (C=O) groups excluding carboxylic acids is 2. The number of nitrogens with one attached hydrogen (secondary N) is 1. The van der Waals surface area contributed by atoms with Gasteiger partial charge in [0.05, 0.1) is 24.5 Å². The summed E-state index contributed by atoms with van der Waals surface area (Å²) in [5.41, 5.74) is 2.87. The maximum atomic E-state index is 13.5. The third-order valence-electron chi connectivity index (χ3n) is 6.61. The molecule has 8 nitrogen and oxygen atoms in total. The van der Waals surface area contributed by atoms with Crippen LogP contribution in [-0.2, 0) is 27.3 Å². The SMILES string of the molecule is CCCCCC(CC)Nc1nnc2c(c1C(=O)C(C)C)CCCOCc1cc(OC(F)(F)F)ccc1-2.CCOC=O. The van der Waals surface area contributed by atoms with Gasteiger partial charge < -0.3 is 19.5 Å². The van der Waals surface area contributed by atoms with Crippen LogP contribution in [0.15, 0.2) is 18.2 Å². The molecule has 2 aromatic rings. The highest BCUT2D eigenvalue weighted by Gasteiger charge is 2.32. The highest BCUT2D eigenvalue weighted by Crippen LogP contribution is 2.36. The number of ether oxygens (including phenoxy) is 3. The predicted octanol–water partition coefficient (Wildman–Crippen LogP) is 7.29. The first-order chi connectivity index (χ1) is 19.6. The standard InChI is InChI=1S/C27H36F3N3O3.C3H6O2/c1-5-7-8-10-19(6-2)31-26-23(25(34)17(3)4)22-11-9-14-35-16-18-15-20(36-27(28,29)30)12-13-21(18)24(22)32-33-26;1-2-5-3-4/h12-13,15,17,19H,5-11,14,16H2,1-4H3,(H,31,33);3H,2H2,1H3. The summed E-state index contributed by atoms with van der Waals surface area (Å²) in [4.78, 5) is 22.7. The summed E-state index contributed by atoms with van der Waals surface area (Å²) in [6.45, 7) is 11.1. The van der Waals surface area contributed by atoms with E-state index < -0.39 is 6.36 Å². The van der Waals surface area contributed by atoms with Crippen molar-refractivity contribution in [3.8, 4) is 17.0 Å². The number of alkyl halides is 3. The van der Waals surface area contributed by atoms with E-state index in [1.54, 1.807) is 6.92 Å². The van der Waals surface area contributed by atoms with Gasteiger partial charge in [0, 0.05) is 24.1 Å². The van der Waals surface area contributed by atoms with Crippen LogP contribution in [0.2, 0.25) is 0 Å². The van der Waals surface area contributed by atoms with Crippen molar-refractivity contribution in [2.24, 2.45) is 5.92 Å². The third kappa shape index (κ3) is 10.6. The normalized spacial score (nSPS) is 13.8. The quantitative estimate of drug-likeness (QED) is 0.158. The number of anilines is 1. The number of Topliss-reactive ketones (excluding diaryl/α,β-unsaturated/α-hetero) is 1. The minimum absolute atomic E-state index is 0.0363. The molecule has 11 heteroatoms. The van der Waals surface area contributed by atoms with Crippen molar-refractivity contribution >= 4 is 18.1 Å². The molecule has 0 amide bonds. The van der Waals surface area contributed by atoms with Gasteiger partial charge in [0.2, 0.25) is 0 Å². The lowest BCUT2D eigenvalue weighted by atomic mass is 9.90. The molecule has 0 radical (unpaired) electrons. The molecule has 3 rings (SSSR count). The van der Waals surface area contributed by atoms with Crippen LogP contribution in [-0.4, -0.2) is 48.1 Å². The first-order valence-corrected chi connectivity index (χ1v) is 14.3. The van der Waals surface area contributed by atoms with Crippen LogP contribution in [0.3, 0.4) is 0 Å². The minimum atomic E-state index is -4.80. The van der Waals surface area contributed by atoms with E-state index >= 15 is 0 Å². The summed E-state index contributed by atoms with van der Waals surface area (Å²) in [7, 11) is 0. The number of unbranched alkanes of at least 4 members (excludes halogenated alkanes) is 2. The number of aromatic nitrogens is 2. The largest absolute Gasteiger partial charge is 0.573 e. The molecule has 0 saturated carbocycles. The molecule has 1 atom stereocenters. The molecule has 0 bridgehead atoms. The van der Waals surface area contributed by atoms with Gasteiger partial charge >= 0.3 is 6.36 Å². The summed E-state index contributed by atoms with van der Waals surface area (Å²) >= 11 is 0. The molecule has 1 aliphatic heterocycles. The topological polar surface area (TPSA) is 99.6 Å². The van der Waals surface area contributed by atoms with Gasteiger partial charge in [0.25, 0.3) is 6.47 Å². The van der Waals surface area contributed by atoms with Crippen LogP contribution >= 0.6 is 0 Å². The zero-order chi connectivity index (χ0) is 30.4. The maximum Gasteiger partial charge on any atom is 0.573 e. The van der Waals surface area contributed by atoms with Crippen LogP contribution in [0, 0.1) is 5.92 Å². The number of benzene rings is 1. The molecule has 1 N–H and O–H groups in total. The number of ketones is 1. The smallest absolute Gasteiger partial charge is 0.468 e. The van der Waals surface area contributed by atoms with Crippen molar-refractivity contribution in [1.29, 1.82) is 0 Å². The molecule has 2 heterocycles. The van der Waals surface area contributed by atoms with Crippen molar-refractivity contribution in [3.63, 3.8) is 0 Å². The molecule has 228 valence electrons. The van der Waals surface area contributed by atoms with E-state index in [1.807, 2.05) is 13.8 Å². The molecule has 0 fully saturated rings. The van der Waals surface area contributed by atoms with E-state index in [9.17, 15) is 22.8 Å². The van der Waals surface area contributed by atoms with Crippen molar-refractivity contribution in [2.45, 2.75) is 98.6 Å². The highest BCUT2D eigenvalue weighted by molar-refractivity contribution is 6.04. The monoisotopic (exact) mass is 581 g/mol. The van der Waals surface area contributed by atoms with Crippen molar-refractivity contribution < 1.29 is 37.0 Å². The van der Waals surface area contributed by atoms with Gasteiger partial charge in [-0.05, 0) is 61.9 Å². The summed E-state index contributed by atoms with van der Waals surface area (Å²) in [6.07, 6.45) is 1.60. The van der Waals surface area contributed by atoms with E-state index in [0.29, 0.717) is 60.7 Å². The number of rotatable bonds is 12. The van der Waals surface area contributed by atoms with E-state index in [4.69, 9.17) is 4.74 Å². The van der Waals surface area contributed by atoms with Crippen molar-refractivity contribution in [3.05, 3.63) is 34.9 Å². The lowest BCUT2D eigenvalue weighted by molar-refractivity contribution is -0.274. The lowest BCUT2D eigenvalue weighted by Crippen LogP contribution is -2.24. The van der Waals surface area contributed by atoms with Crippen LogP contribution in [0.4, 0.5) is 19.0 Å². The Morgan fingerprint density at radius 3 is 2.51 bits per heavy atom. The van der Waals surface area contributed by atoms with Crippen molar-refractivity contribution in [2.75, 3.05) is 18.5 Å². The molecule has 0 spiro atoms. The summed E-state index contributed by atoms with van der Waals surface area (Å²) < 4.78 is 52.4. The van der Waals surface area contributed by atoms with Gasteiger partial charge in [-0.15, -0.1) is 23.4 Å². The Hall–Kier alpha value is -3.21. The molecule has 41 heavy (non-hydrogen) atoms. The average molecular weight is 582 g/mol. The second kappa shape index (κ2) is 16.9. The van der Waals surface area contributed by atoms with Gasteiger partial charge in [0.15, 0.2) is 11.6 Å². The number of halogens is 3. The number of carbonyl (C=O) groups is 2. The van der Waals surface area contributed by atoms with E-state index in [1.165, 1.54) is 18.2 Å². The minimum Gasteiger partial charge on any atom is -0.468 e. The number of nitrogens with zero attached hydrogens (tertiary/aromatic N) is 2. The molecular formula is C30H42F3N3O5. The fraction of sp³-hybridized carbons (Fsp3) is 0.600. The number of hydrogen-bond donors (Lipinski definition) is 1. The highest BCUT2D eigenvalue weighted by atomic mass is 19.4. The van der Waals surface area contributed by atoms with Gasteiger partial charge in [-0.3, -0.25) is 9.59 Å². The summed E-state index contributed by atoms with van der Waals surface area (Å²) in [5, 5.41) is 12.5. The van der Waals surface area contributed by atoms with Crippen molar-refractivity contribution in [1.82, 2.24) is 10.2 Å². The number of fused-ring (bicyclic) bond motifs is 3. The van der Waals surface area contributed by atoms with Gasteiger partial charge in [0.1, 0.15) is 5.75 Å². The molecular weight excluding hydrogens is 539 g/mol. The fourth-order valence-electron chi connectivity index (χ4n) is 4.52. The molecule has 0 aliphatic carbocycles. The molecule has 1 aliphatic rings.